The first kappa shape index (κ1) is 28.6. The molecular weight excluding hydrogens is 460 g/mol. The molecule has 0 fully saturated rings. The maximum atomic E-state index is 5.53. The fourth-order valence-electron chi connectivity index (χ4n) is 3.00. The van der Waals surface area contributed by atoms with Crippen LogP contribution in [0.2, 0.25) is 0 Å². The summed E-state index contributed by atoms with van der Waals surface area (Å²) in [6.45, 7) is 0. The van der Waals surface area contributed by atoms with Crippen LogP contribution < -0.4 is 10.2 Å². The van der Waals surface area contributed by atoms with Crippen LogP contribution in [0.25, 0.3) is 0 Å². The van der Waals surface area contributed by atoms with Gasteiger partial charge in [0.1, 0.15) is 0 Å². The summed E-state index contributed by atoms with van der Waals surface area (Å²) in [6, 6.07) is 0. The van der Waals surface area contributed by atoms with Crippen LogP contribution in [0.15, 0.2) is 18.1 Å². The number of hydrogen-bond donors (Lipinski definition) is 2. The number of nitrogens with zero attached hydrogens (tertiary/aromatic N) is 10. The lowest BCUT2D eigenvalue weighted by molar-refractivity contribution is 0.553. The summed E-state index contributed by atoms with van der Waals surface area (Å²) in [6.07, 6.45) is 0. The van der Waals surface area contributed by atoms with Crippen LogP contribution in [0.4, 0.5) is 0 Å². The average molecular weight is 504 g/mol. The van der Waals surface area contributed by atoms with Gasteiger partial charge < -0.3 is 0 Å². The van der Waals surface area contributed by atoms with E-state index in [9.17, 15) is 0 Å². The second-order valence-electron chi connectivity index (χ2n) is 8.10. The van der Waals surface area contributed by atoms with E-state index in [2.05, 4.69) is 38.2 Å². The maximum absolute atomic E-state index is 5.53. The fourth-order valence-corrected chi connectivity index (χ4v) is 21.6. The quantitative estimate of drug-likeness (QED) is 0.485. The third kappa shape index (κ3) is 4.91. The lowest BCUT2D eigenvalue weighted by atomic mass is 11.3. The van der Waals surface area contributed by atoms with Crippen LogP contribution >= 0.6 is 30.0 Å². The Morgan fingerprint density at radius 3 is 0.767 bits per heavy atom. The van der Waals surface area contributed by atoms with Gasteiger partial charge in [-0.05, 0) is 98.7 Å². The Morgan fingerprint density at radius 2 is 0.633 bits per heavy atom. The van der Waals surface area contributed by atoms with Crippen molar-refractivity contribution in [1.82, 2.24) is 38.2 Å². The highest BCUT2D eigenvalue weighted by molar-refractivity contribution is 7.83. The minimum absolute atomic E-state index is 1.94. The Kier molecular flexibility index (Phi) is 9.78. The molecule has 180 valence electrons. The van der Waals surface area contributed by atoms with Crippen LogP contribution in [0.5, 0.6) is 0 Å². The molecule has 0 aromatic carbocycles. The molecule has 12 nitrogen and oxygen atoms in total. The van der Waals surface area contributed by atoms with Crippen molar-refractivity contribution < 1.29 is 0 Å². The van der Waals surface area contributed by atoms with E-state index in [-0.39, 0.29) is 0 Å². The second kappa shape index (κ2) is 10.3. The van der Waals surface area contributed by atoms with E-state index < -0.39 is 30.0 Å². The van der Waals surface area contributed by atoms with Gasteiger partial charge in [-0.15, -0.1) is 0 Å². The molecule has 0 aromatic heterocycles. The van der Waals surface area contributed by atoms with Crippen LogP contribution in [0.3, 0.4) is 0 Å². The van der Waals surface area contributed by atoms with E-state index >= 15 is 0 Å². The molecule has 1 aliphatic rings. The van der Waals surface area contributed by atoms with Gasteiger partial charge in [0.05, 0.1) is 0 Å². The first-order chi connectivity index (χ1) is 13.6. The molecule has 2 atom stereocenters. The molecule has 30 heavy (non-hydrogen) atoms. The van der Waals surface area contributed by atoms with Gasteiger partial charge in [0.25, 0.3) is 0 Å². The van der Waals surface area contributed by atoms with Crippen molar-refractivity contribution in [3.8, 4) is 0 Å². The van der Waals surface area contributed by atoms with E-state index in [0.29, 0.717) is 0 Å². The summed E-state index contributed by atoms with van der Waals surface area (Å²) in [7, 11) is 18.3. The Balaban J connectivity index is 4.55. The number of nitrogens with one attached hydrogen (secondary N) is 2. The standard InChI is InChI=1S/C14H44N12P4/c1-15-27(21(3)4)17-29(23(7)8,24(9)10)19-28(16-2,22(5)6)20-30(18-27,25(11)12)26(13)14/h15-16H,1-14H3/t27-,28-. The van der Waals surface area contributed by atoms with Crippen LogP contribution in [0, 0.1) is 0 Å². The summed E-state index contributed by atoms with van der Waals surface area (Å²) in [4.78, 5) is 0. The largest absolute Gasteiger partial charge is 0.256 e. The molecule has 0 saturated carbocycles. The fraction of sp³-hybridized carbons (Fsp3) is 1.00. The molecule has 0 radical (unpaired) electrons. The van der Waals surface area contributed by atoms with E-state index in [0.717, 1.165) is 0 Å². The van der Waals surface area contributed by atoms with Crippen LogP contribution in [-0.4, -0.2) is 127 Å². The van der Waals surface area contributed by atoms with Crippen molar-refractivity contribution in [2.24, 2.45) is 18.1 Å². The molecule has 0 unspecified atom stereocenters. The summed E-state index contributed by atoms with van der Waals surface area (Å²) in [5, 5.41) is 7.00. The predicted octanol–water partition coefficient (Wildman–Crippen LogP) is 3.59. The minimum atomic E-state index is -2.52. The van der Waals surface area contributed by atoms with Crippen molar-refractivity contribution in [2.45, 2.75) is 0 Å². The monoisotopic (exact) mass is 504 g/mol. The summed E-state index contributed by atoms with van der Waals surface area (Å²) < 4.78 is 34.9. The molecule has 16 heteroatoms. The van der Waals surface area contributed by atoms with E-state index in [1.807, 2.05) is 98.7 Å². The molecule has 0 amide bonds. The van der Waals surface area contributed by atoms with Gasteiger partial charge >= 0.3 is 0 Å². The Morgan fingerprint density at radius 1 is 0.400 bits per heavy atom. The van der Waals surface area contributed by atoms with E-state index in [4.69, 9.17) is 18.1 Å². The van der Waals surface area contributed by atoms with Crippen molar-refractivity contribution >= 4 is 30.0 Å². The first-order valence-corrected chi connectivity index (χ1v) is 16.1. The summed E-state index contributed by atoms with van der Waals surface area (Å²) in [5.74, 6) is 0. The van der Waals surface area contributed by atoms with Crippen LogP contribution in [0.1, 0.15) is 0 Å². The number of hydrogen-bond acceptors (Lipinski definition) is 12. The van der Waals surface area contributed by atoms with Crippen molar-refractivity contribution in [1.29, 1.82) is 0 Å². The van der Waals surface area contributed by atoms with Crippen LogP contribution in [-0.2, 0) is 0 Å². The predicted molar refractivity (Wildman–Crippen MR) is 138 cm³/mol. The Hall–Kier alpha value is 0.600. The highest BCUT2D eigenvalue weighted by atomic mass is 31.3. The Labute approximate surface area is 185 Å². The molecule has 0 aromatic rings. The van der Waals surface area contributed by atoms with Gasteiger partial charge in [-0.3, -0.25) is 10.2 Å². The zero-order valence-electron chi connectivity index (χ0n) is 21.3. The highest BCUT2D eigenvalue weighted by Crippen LogP contribution is 2.79. The smallest absolute Gasteiger partial charge is 0.220 e. The topological polar surface area (TPSA) is 92.9 Å². The van der Waals surface area contributed by atoms with Gasteiger partial charge in [-0.25, -0.2) is 28.0 Å². The molecular formula is C14H44N12P4. The van der Waals surface area contributed by atoms with Gasteiger partial charge in [-0.2, -0.15) is 18.1 Å². The SMILES string of the molecule is CN[P@@]1(N(C)C)=NP(N(C)C)(N(C)C)=N[P@@](NC)(N(C)C)=NP(N(C)C)(N(C)C)=N1. The Bertz CT molecular complexity index is 735. The molecule has 0 bridgehead atoms. The second-order valence-corrected chi connectivity index (χ2v) is 21.1. The molecule has 1 aliphatic heterocycles. The third-order valence-electron chi connectivity index (χ3n) is 4.84. The van der Waals surface area contributed by atoms with Crippen molar-refractivity contribution in [3.05, 3.63) is 0 Å². The summed E-state index contributed by atoms with van der Waals surface area (Å²) >= 11 is 0. The lowest BCUT2D eigenvalue weighted by Gasteiger charge is -2.44. The molecule has 1 rings (SSSR count). The average Bonchev–Trinajstić information content (AvgIpc) is 2.61. The number of rotatable bonds is 8. The molecule has 2 N–H and O–H groups in total. The van der Waals surface area contributed by atoms with Crippen molar-refractivity contribution in [2.75, 3.05) is 98.7 Å². The summed E-state index contributed by atoms with van der Waals surface area (Å²) in [5.41, 5.74) is 0. The normalized spacial score (nSPS) is 28.9. The molecule has 0 saturated heterocycles. The van der Waals surface area contributed by atoms with Crippen molar-refractivity contribution in [3.63, 3.8) is 0 Å². The molecule has 0 aliphatic carbocycles. The molecule has 1 heterocycles. The minimum Gasteiger partial charge on any atom is -0.256 e. The van der Waals surface area contributed by atoms with Gasteiger partial charge in [0, 0.05) is 0 Å². The van der Waals surface area contributed by atoms with E-state index in [1.165, 1.54) is 0 Å². The highest BCUT2D eigenvalue weighted by Gasteiger charge is 2.42. The van der Waals surface area contributed by atoms with Gasteiger partial charge in [-0.1, -0.05) is 0 Å². The van der Waals surface area contributed by atoms with E-state index in [1.54, 1.807) is 0 Å². The van der Waals surface area contributed by atoms with Gasteiger partial charge in [0.2, 0.25) is 30.0 Å². The zero-order valence-corrected chi connectivity index (χ0v) is 24.8. The molecule has 0 spiro atoms. The van der Waals surface area contributed by atoms with Gasteiger partial charge in [0.15, 0.2) is 0 Å². The lowest BCUT2D eigenvalue weighted by Crippen LogP contribution is -2.28. The maximum Gasteiger partial charge on any atom is 0.220 e. The third-order valence-corrected chi connectivity index (χ3v) is 20.4. The zero-order chi connectivity index (χ0) is 23.7. The first-order valence-electron chi connectivity index (χ1n) is 9.61.